The molecule has 0 spiro atoms. The highest BCUT2D eigenvalue weighted by molar-refractivity contribution is 7.99. The molecule has 3 heteroatoms. The van der Waals surface area contributed by atoms with Gasteiger partial charge >= 0.3 is 0 Å². The fourth-order valence-electron chi connectivity index (χ4n) is 2.23. The van der Waals surface area contributed by atoms with E-state index in [1.807, 2.05) is 0 Å². The van der Waals surface area contributed by atoms with Crippen molar-refractivity contribution >= 4 is 17.7 Å². The summed E-state index contributed by atoms with van der Waals surface area (Å²) in [5, 5.41) is 3.02. The molecule has 126 valence electrons. The lowest BCUT2D eigenvalue weighted by Gasteiger charge is -2.07. The van der Waals surface area contributed by atoms with E-state index in [1.165, 1.54) is 44.9 Å². The van der Waals surface area contributed by atoms with Gasteiger partial charge in [0.05, 0.1) is 5.75 Å². The van der Waals surface area contributed by atoms with E-state index in [2.05, 4.69) is 33.0 Å². The first-order chi connectivity index (χ1) is 10.0. The molecule has 0 bridgehead atoms. The minimum absolute atomic E-state index is 0.203. The maximum atomic E-state index is 11.6. The molecule has 0 fully saturated rings. The van der Waals surface area contributed by atoms with Crippen LogP contribution < -0.4 is 5.32 Å². The average molecular weight is 316 g/mol. The minimum atomic E-state index is 0.203. The van der Waals surface area contributed by atoms with E-state index >= 15 is 0 Å². The predicted molar refractivity (Wildman–Crippen MR) is 96.9 cm³/mol. The molecule has 0 atom stereocenters. The molecule has 0 aliphatic rings. The monoisotopic (exact) mass is 315 g/mol. The van der Waals surface area contributed by atoms with Crippen molar-refractivity contribution in [3.63, 3.8) is 0 Å². The Hall–Kier alpha value is -0.180. The van der Waals surface area contributed by atoms with Crippen molar-refractivity contribution in [3.05, 3.63) is 0 Å². The number of unbranched alkanes of at least 4 members (excludes halogenated alkanes) is 6. The van der Waals surface area contributed by atoms with Crippen LogP contribution in [0.2, 0.25) is 0 Å². The summed E-state index contributed by atoms with van der Waals surface area (Å²) in [5.74, 6) is 3.42. The second-order valence-corrected chi connectivity index (χ2v) is 7.95. The summed E-state index contributed by atoms with van der Waals surface area (Å²) in [6.07, 6.45) is 10.6. The molecule has 1 amide bonds. The van der Waals surface area contributed by atoms with Crippen molar-refractivity contribution in [2.24, 2.45) is 11.8 Å². The molecule has 0 aromatic heterocycles. The first-order valence-electron chi connectivity index (χ1n) is 8.86. The summed E-state index contributed by atoms with van der Waals surface area (Å²) in [7, 11) is 0. The second-order valence-electron chi connectivity index (χ2n) is 6.92. The van der Waals surface area contributed by atoms with E-state index in [-0.39, 0.29) is 5.91 Å². The first-order valence-corrected chi connectivity index (χ1v) is 10.0. The van der Waals surface area contributed by atoms with Crippen LogP contribution in [0, 0.1) is 11.8 Å². The molecule has 0 saturated carbocycles. The van der Waals surface area contributed by atoms with E-state index in [1.54, 1.807) is 11.8 Å². The van der Waals surface area contributed by atoms with Crippen LogP contribution in [0.15, 0.2) is 0 Å². The summed E-state index contributed by atoms with van der Waals surface area (Å²) in [6, 6.07) is 0. The van der Waals surface area contributed by atoms with Gasteiger partial charge in [0.1, 0.15) is 0 Å². The van der Waals surface area contributed by atoms with Crippen LogP contribution >= 0.6 is 11.8 Å². The molecule has 0 aromatic carbocycles. The molecular formula is C18H37NOS. The van der Waals surface area contributed by atoms with Crippen molar-refractivity contribution in [3.8, 4) is 0 Å². The van der Waals surface area contributed by atoms with E-state index in [9.17, 15) is 4.79 Å². The van der Waals surface area contributed by atoms with Crippen molar-refractivity contribution in [2.45, 2.75) is 79.1 Å². The largest absolute Gasteiger partial charge is 0.355 e. The van der Waals surface area contributed by atoms with Crippen LogP contribution in [0.4, 0.5) is 0 Å². The van der Waals surface area contributed by atoms with Gasteiger partial charge in [-0.3, -0.25) is 4.79 Å². The molecule has 0 aromatic rings. The standard InChI is InChI=1S/C18H37NOS/c1-16(2)12-10-8-6-5-7-9-11-13-19-18(20)15-21-14-17(3)4/h16-17H,5-15H2,1-4H3,(H,19,20). The lowest BCUT2D eigenvalue weighted by Crippen LogP contribution is -2.26. The Morgan fingerprint density at radius 3 is 2.00 bits per heavy atom. The molecule has 0 unspecified atom stereocenters. The number of carbonyl (C=O) groups is 1. The SMILES string of the molecule is CC(C)CCCCCCCCCNC(=O)CSCC(C)C. The number of carbonyl (C=O) groups excluding carboxylic acids is 1. The van der Waals surface area contributed by atoms with Crippen LogP contribution in [0.5, 0.6) is 0 Å². The van der Waals surface area contributed by atoms with Gasteiger partial charge < -0.3 is 5.32 Å². The third-order valence-corrected chi connectivity index (χ3v) is 4.83. The Labute approximate surface area is 137 Å². The first kappa shape index (κ1) is 20.8. The van der Waals surface area contributed by atoms with Gasteiger partial charge in [-0.05, 0) is 24.0 Å². The summed E-state index contributed by atoms with van der Waals surface area (Å²) >= 11 is 1.74. The maximum absolute atomic E-state index is 11.6. The highest BCUT2D eigenvalue weighted by atomic mass is 32.2. The second kappa shape index (κ2) is 14.7. The van der Waals surface area contributed by atoms with Crippen molar-refractivity contribution in [2.75, 3.05) is 18.1 Å². The lowest BCUT2D eigenvalue weighted by atomic mass is 10.0. The Balaban J connectivity index is 3.16. The van der Waals surface area contributed by atoms with Crippen molar-refractivity contribution in [1.82, 2.24) is 5.32 Å². The number of amides is 1. The number of rotatable bonds is 14. The molecule has 1 N–H and O–H groups in total. The van der Waals surface area contributed by atoms with Gasteiger partial charge in [-0.15, -0.1) is 0 Å². The highest BCUT2D eigenvalue weighted by Crippen LogP contribution is 2.11. The van der Waals surface area contributed by atoms with E-state index in [0.29, 0.717) is 11.7 Å². The Kier molecular flexibility index (Phi) is 14.6. The number of nitrogens with one attached hydrogen (secondary N) is 1. The zero-order valence-electron chi connectivity index (χ0n) is 14.7. The number of thioether (sulfide) groups is 1. The average Bonchev–Trinajstić information content (AvgIpc) is 2.40. The van der Waals surface area contributed by atoms with Gasteiger partial charge in [-0.2, -0.15) is 11.8 Å². The molecule has 0 radical (unpaired) electrons. The molecule has 0 aliphatic carbocycles. The fraction of sp³-hybridized carbons (Fsp3) is 0.944. The summed E-state index contributed by atoms with van der Waals surface area (Å²) in [5.41, 5.74) is 0. The van der Waals surface area contributed by atoms with E-state index in [4.69, 9.17) is 0 Å². The van der Waals surface area contributed by atoms with Gasteiger partial charge in [-0.25, -0.2) is 0 Å². The number of hydrogen-bond donors (Lipinski definition) is 1. The highest BCUT2D eigenvalue weighted by Gasteiger charge is 2.02. The fourth-order valence-corrected chi connectivity index (χ4v) is 3.10. The normalized spacial score (nSPS) is 11.3. The van der Waals surface area contributed by atoms with Crippen LogP contribution in [0.1, 0.15) is 79.1 Å². The summed E-state index contributed by atoms with van der Waals surface area (Å²) in [4.78, 5) is 11.6. The molecule has 0 heterocycles. The van der Waals surface area contributed by atoms with Crippen LogP contribution in [0.25, 0.3) is 0 Å². The van der Waals surface area contributed by atoms with Crippen molar-refractivity contribution in [1.29, 1.82) is 0 Å². The molecule has 0 rings (SSSR count). The molecule has 0 saturated heterocycles. The van der Waals surface area contributed by atoms with E-state index in [0.717, 1.165) is 24.6 Å². The smallest absolute Gasteiger partial charge is 0.229 e. The molecule has 2 nitrogen and oxygen atoms in total. The Morgan fingerprint density at radius 2 is 1.43 bits per heavy atom. The number of hydrogen-bond acceptors (Lipinski definition) is 2. The Bertz CT molecular complexity index is 241. The summed E-state index contributed by atoms with van der Waals surface area (Å²) in [6.45, 7) is 9.83. The van der Waals surface area contributed by atoms with Gasteiger partial charge in [0.25, 0.3) is 0 Å². The van der Waals surface area contributed by atoms with Gasteiger partial charge in [0.15, 0.2) is 0 Å². The maximum Gasteiger partial charge on any atom is 0.229 e. The van der Waals surface area contributed by atoms with Crippen molar-refractivity contribution < 1.29 is 4.79 Å². The topological polar surface area (TPSA) is 29.1 Å². The van der Waals surface area contributed by atoms with Gasteiger partial charge in [0.2, 0.25) is 5.91 Å². The molecular weight excluding hydrogens is 278 g/mol. The third-order valence-electron chi connectivity index (χ3n) is 3.46. The van der Waals surface area contributed by atoms with E-state index < -0.39 is 0 Å². The van der Waals surface area contributed by atoms with Crippen LogP contribution in [-0.2, 0) is 4.79 Å². The summed E-state index contributed by atoms with van der Waals surface area (Å²) < 4.78 is 0. The quantitative estimate of drug-likeness (QED) is 0.442. The zero-order valence-corrected chi connectivity index (χ0v) is 15.6. The predicted octanol–water partition coefficient (Wildman–Crippen LogP) is 5.27. The van der Waals surface area contributed by atoms with Gasteiger partial charge in [-0.1, -0.05) is 72.6 Å². The minimum Gasteiger partial charge on any atom is -0.355 e. The van der Waals surface area contributed by atoms with Gasteiger partial charge in [0, 0.05) is 6.54 Å². The Morgan fingerprint density at radius 1 is 0.857 bits per heavy atom. The molecule has 21 heavy (non-hydrogen) atoms. The third kappa shape index (κ3) is 17.8. The zero-order chi connectivity index (χ0) is 15.9. The van der Waals surface area contributed by atoms with Crippen LogP contribution in [0.3, 0.4) is 0 Å². The molecule has 0 aliphatic heterocycles. The van der Waals surface area contributed by atoms with Crippen LogP contribution in [-0.4, -0.2) is 24.0 Å². The lowest BCUT2D eigenvalue weighted by molar-refractivity contribution is -0.118.